The lowest BCUT2D eigenvalue weighted by atomic mass is 9.98. The van der Waals surface area contributed by atoms with Crippen LogP contribution < -0.4 is 44.9 Å². The third-order valence-electron chi connectivity index (χ3n) is 4.69. The summed E-state index contributed by atoms with van der Waals surface area (Å²) in [5, 5.41) is 6.99. The van der Waals surface area contributed by atoms with Gasteiger partial charge in [-0.25, -0.2) is 0 Å². The van der Waals surface area contributed by atoms with Crippen LogP contribution in [0.1, 0.15) is 24.0 Å². The fraction of sp³-hybridized carbons (Fsp3) is 0.429. The highest BCUT2D eigenvalue weighted by molar-refractivity contribution is 5.43. The van der Waals surface area contributed by atoms with E-state index in [0.717, 1.165) is 49.2 Å². The largest absolute Gasteiger partial charge is 1.00 e. The summed E-state index contributed by atoms with van der Waals surface area (Å²) in [6, 6.07) is 16.4. The molecule has 1 fully saturated rings. The average Bonchev–Trinajstić information content (AvgIpc) is 2.68. The molecule has 0 aromatic heterocycles. The zero-order chi connectivity index (χ0) is 17.3. The van der Waals surface area contributed by atoms with E-state index in [1.54, 1.807) is 7.11 Å². The number of halogens is 2. The van der Waals surface area contributed by atoms with Crippen LogP contribution in [0.3, 0.4) is 0 Å². The number of piperidine rings is 1. The molecule has 27 heavy (non-hydrogen) atoms. The summed E-state index contributed by atoms with van der Waals surface area (Å²) in [7, 11) is 1.69. The Kier molecular flexibility index (Phi) is 11.2. The Labute approximate surface area is 174 Å². The summed E-state index contributed by atoms with van der Waals surface area (Å²) < 4.78 is 11.4. The van der Waals surface area contributed by atoms with Crippen LogP contribution >= 0.6 is 0 Å². The van der Waals surface area contributed by atoms with E-state index in [2.05, 4.69) is 34.9 Å². The normalized spacial score (nSPS) is 14.0. The maximum absolute atomic E-state index is 5.92. The number of hydrogen-bond donors (Lipinski definition) is 2. The Morgan fingerprint density at radius 1 is 0.963 bits per heavy atom. The highest BCUT2D eigenvalue weighted by Gasteiger charge is 2.12. The van der Waals surface area contributed by atoms with Crippen molar-refractivity contribution < 1.29 is 34.3 Å². The molecule has 1 aliphatic heterocycles. The molecule has 0 amide bonds. The fourth-order valence-electron chi connectivity index (χ4n) is 3.18. The summed E-state index contributed by atoms with van der Waals surface area (Å²) in [6.07, 6.45) is 2.53. The van der Waals surface area contributed by atoms with E-state index in [4.69, 9.17) is 9.47 Å². The fourth-order valence-corrected chi connectivity index (χ4v) is 3.18. The Morgan fingerprint density at radius 3 is 2.41 bits per heavy atom. The van der Waals surface area contributed by atoms with Crippen molar-refractivity contribution in [2.75, 3.05) is 26.7 Å². The second kappa shape index (κ2) is 12.8. The molecule has 0 atom stereocenters. The molecule has 4 nitrogen and oxygen atoms in total. The first kappa shape index (κ1) is 23.6. The number of methoxy groups -OCH3 is 1. The number of rotatable bonds is 8. The summed E-state index contributed by atoms with van der Waals surface area (Å²) in [5.41, 5.74) is 2.37. The maximum Gasteiger partial charge on any atom is 0.161 e. The van der Waals surface area contributed by atoms with Crippen molar-refractivity contribution in [1.82, 2.24) is 10.6 Å². The molecule has 6 heteroatoms. The standard InChI is InChI=1S/C21H28N2O2.2ClH/c1-24-21-13-19(15-23-14-17-9-11-22-12-10-17)7-8-20(21)25-16-18-5-3-2-4-6-18;;/h2-8,13,17,22-23H,9-12,14-16H2,1H3;2*1H/p-2. The van der Waals surface area contributed by atoms with E-state index in [1.165, 1.54) is 18.4 Å². The van der Waals surface area contributed by atoms with Gasteiger partial charge in [0.05, 0.1) is 7.11 Å². The third-order valence-corrected chi connectivity index (χ3v) is 4.69. The van der Waals surface area contributed by atoms with E-state index in [0.29, 0.717) is 6.61 Å². The minimum Gasteiger partial charge on any atom is -1.00 e. The quantitative estimate of drug-likeness (QED) is 0.499. The molecule has 1 heterocycles. The third kappa shape index (κ3) is 7.59. The summed E-state index contributed by atoms with van der Waals surface area (Å²) in [6.45, 7) is 4.78. The van der Waals surface area contributed by atoms with Gasteiger partial charge in [0.15, 0.2) is 11.5 Å². The van der Waals surface area contributed by atoms with E-state index < -0.39 is 0 Å². The van der Waals surface area contributed by atoms with Crippen LogP contribution in [0.5, 0.6) is 11.5 Å². The van der Waals surface area contributed by atoms with E-state index in [-0.39, 0.29) is 24.8 Å². The zero-order valence-corrected chi connectivity index (χ0v) is 17.2. The van der Waals surface area contributed by atoms with E-state index in [9.17, 15) is 0 Å². The number of ether oxygens (including phenoxy) is 2. The van der Waals surface area contributed by atoms with Gasteiger partial charge in [-0.1, -0.05) is 36.4 Å². The lowest BCUT2D eigenvalue weighted by Crippen LogP contribution is -3.00. The zero-order valence-electron chi connectivity index (χ0n) is 15.7. The molecule has 2 N–H and O–H groups in total. The number of hydrogen-bond acceptors (Lipinski definition) is 4. The van der Waals surface area contributed by atoms with Gasteiger partial charge in [-0.2, -0.15) is 0 Å². The van der Waals surface area contributed by atoms with Crippen LogP contribution in [0.4, 0.5) is 0 Å². The van der Waals surface area contributed by atoms with Crippen molar-refractivity contribution in [3.63, 3.8) is 0 Å². The molecule has 1 saturated heterocycles. The number of benzene rings is 2. The minimum absolute atomic E-state index is 0. The van der Waals surface area contributed by atoms with Crippen molar-refractivity contribution in [2.24, 2.45) is 5.92 Å². The first-order chi connectivity index (χ1) is 12.3. The SMILES string of the molecule is COc1cc(CNCC2CCNCC2)ccc1OCc1ccccc1.[Cl-].[Cl-]. The van der Waals surface area contributed by atoms with Gasteiger partial charge in [0.25, 0.3) is 0 Å². The molecule has 150 valence electrons. The van der Waals surface area contributed by atoms with Gasteiger partial charge in [0.1, 0.15) is 6.61 Å². The van der Waals surface area contributed by atoms with Crippen molar-refractivity contribution in [3.8, 4) is 11.5 Å². The van der Waals surface area contributed by atoms with Crippen LogP contribution in [0.15, 0.2) is 48.5 Å². The predicted molar refractivity (Wildman–Crippen MR) is 101 cm³/mol. The van der Waals surface area contributed by atoms with Crippen LogP contribution in [-0.4, -0.2) is 26.7 Å². The molecule has 0 bridgehead atoms. The van der Waals surface area contributed by atoms with E-state index >= 15 is 0 Å². The second-order valence-corrected chi connectivity index (χ2v) is 6.58. The molecular weight excluding hydrogens is 383 g/mol. The highest BCUT2D eigenvalue weighted by atomic mass is 35.5. The molecule has 3 rings (SSSR count). The highest BCUT2D eigenvalue weighted by Crippen LogP contribution is 2.29. The van der Waals surface area contributed by atoms with Crippen molar-refractivity contribution in [1.29, 1.82) is 0 Å². The molecule has 0 spiro atoms. The molecule has 0 saturated carbocycles. The molecule has 0 aliphatic carbocycles. The summed E-state index contributed by atoms with van der Waals surface area (Å²) >= 11 is 0. The van der Waals surface area contributed by atoms with Gasteiger partial charge in [-0.05, 0) is 61.7 Å². The lowest BCUT2D eigenvalue weighted by molar-refractivity contribution is -0.00100. The van der Waals surface area contributed by atoms with Crippen molar-refractivity contribution in [2.45, 2.75) is 26.0 Å². The smallest absolute Gasteiger partial charge is 0.161 e. The van der Waals surface area contributed by atoms with Gasteiger partial charge >= 0.3 is 0 Å². The Morgan fingerprint density at radius 2 is 1.70 bits per heavy atom. The van der Waals surface area contributed by atoms with Crippen LogP contribution in [0.25, 0.3) is 0 Å². The number of nitrogens with one attached hydrogen (secondary N) is 2. The molecular formula is C21H28Cl2N2O2-2. The monoisotopic (exact) mass is 410 g/mol. The van der Waals surface area contributed by atoms with Gasteiger partial charge in [-0.15, -0.1) is 0 Å². The van der Waals surface area contributed by atoms with Crippen LogP contribution in [-0.2, 0) is 13.2 Å². The predicted octanol–water partition coefficient (Wildman–Crippen LogP) is -2.63. The van der Waals surface area contributed by atoms with Gasteiger partial charge < -0.3 is 44.9 Å². The Hall–Kier alpha value is -1.46. The van der Waals surface area contributed by atoms with Crippen LogP contribution in [0, 0.1) is 5.92 Å². The maximum atomic E-state index is 5.92. The topological polar surface area (TPSA) is 42.5 Å². The Bertz CT molecular complexity index is 650. The lowest BCUT2D eigenvalue weighted by Gasteiger charge is -2.22. The molecule has 2 aromatic carbocycles. The molecule has 0 unspecified atom stereocenters. The molecule has 2 aromatic rings. The van der Waals surface area contributed by atoms with Crippen molar-refractivity contribution >= 4 is 0 Å². The van der Waals surface area contributed by atoms with Crippen LogP contribution in [0.2, 0.25) is 0 Å². The van der Waals surface area contributed by atoms with E-state index in [1.807, 2.05) is 24.3 Å². The molecule has 1 aliphatic rings. The average molecular weight is 411 g/mol. The second-order valence-electron chi connectivity index (χ2n) is 6.58. The first-order valence-corrected chi connectivity index (χ1v) is 9.10. The first-order valence-electron chi connectivity index (χ1n) is 9.10. The summed E-state index contributed by atoms with van der Waals surface area (Å²) in [4.78, 5) is 0. The van der Waals surface area contributed by atoms with Gasteiger partial charge in [-0.3, -0.25) is 0 Å². The minimum atomic E-state index is 0. The summed E-state index contributed by atoms with van der Waals surface area (Å²) in [5.74, 6) is 2.36. The van der Waals surface area contributed by atoms with Crippen molar-refractivity contribution in [3.05, 3.63) is 59.7 Å². The van der Waals surface area contributed by atoms with Gasteiger partial charge in [0.2, 0.25) is 0 Å². The van der Waals surface area contributed by atoms with Gasteiger partial charge in [0, 0.05) is 6.54 Å². The Balaban J connectivity index is 0.00000182. The molecule has 0 radical (unpaired) electrons.